The number of ether oxygens (including phenoxy) is 2. The number of aromatic nitrogens is 1. The van der Waals surface area contributed by atoms with Gasteiger partial charge in [0.05, 0.1) is 24.4 Å². The lowest BCUT2D eigenvalue weighted by Crippen LogP contribution is -2.29. The highest BCUT2D eigenvalue weighted by Gasteiger charge is 2.49. The zero-order valence-electron chi connectivity index (χ0n) is 19.9. The van der Waals surface area contributed by atoms with Gasteiger partial charge >= 0.3 is 11.9 Å². The van der Waals surface area contributed by atoms with E-state index in [4.69, 9.17) is 32.7 Å². The number of amides is 1. The topological polar surface area (TPSA) is 106 Å². The number of Topliss-reactive ketones (excluding diaryl/α,β-unsaturated/α-hetero) is 1. The quantitative estimate of drug-likeness (QED) is 0.195. The Hall–Kier alpha value is -3.40. The van der Waals surface area contributed by atoms with Crippen molar-refractivity contribution >= 4 is 63.1 Å². The van der Waals surface area contributed by atoms with Crippen LogP contribution in [-0.2, 0) is 20.7 Å². The number of thiazole rings is 1. The number of aliphatic hydroxyl groups excluding tert-OH is 1. The Bertz CT molecular complexity index is 1510. The molecule has 2 unspecified atom stereocenters. The number of benzene rings is 2. The van der Waals surface area contributed by atoms with Crippen molar-refractivity contribution in [3.8, 4) is 5.75 Å². The summed E-state index contributed by atoms with van der Waals surface area (Å²) in [6, 6.07) is 8.62. The molecule has 2 atom stereocenters. The van der Waals surface area contributed by atoms with Crippen molar-refractivity contribution < 1.29 is 29.0 Å². The van der Waals surface area contributed by atoms with Gasteiger partial charge in [0.2, 0.25) is 0 Å². The zero-order valence-corrected chi connectivity index (χ0v) is 22.2. The predicted molar refractivity (Wildman–Crippen MR) is 140 cm³/mol. The van der Waals surface area contributed by atoms with E-state index >= 15 is 0 Å². The van der Waals surface area contributed by atoms with Crippen LogP contribution < -0.4 is 9.64 Å². The lowest BCUT2D eigenvalue weighted by atomic mass is 9.94. The SMILES string of the molecule is COC(=O)c1sc(N2C(=O)C(=O)/C(=C(/O)c3ccc4c(c3)CC(C)O4)C2c2ccc(Cl)cc2Cl)nc1C. The number of methoxy groups -OCH3 is 1. The second kappa shape index (κ2) is 9.48. The third-order valence-electron chi connectivity index (χ3n) is 6.23. The number of hydrogen-bond acceptors (Lipinski definition) is 8. The molecule has 2 aliphatic rings. The molecule has 0 saturated carbocycles. The van der Waals surface area contributed by atoms with Crippen molar-refractivity contribution in [3.05, 3.63) is 79.3 Å². The zero-order chi connectivity index (χ0) is 26.6. The number of carbonyl (C=O) groups excluding carboxylic acids is 3. The molecule has 1 fully saturated rings. The van der Waals surface area contributed by atoms with Crippen LogP contribution in [0.15, 0.2) is 42.0 Å². The van der Waals surface area contributed by atoms with Gasteiger partial charge in [0.25, 0.3) is 5.78 Å². The van der Waals surface area contributed by atoms with Gasteiger partial charge in [-0.2, -0.15) is 0 Å². The maximum Gasteiger partial charge on any atom is 0.350 e. The van der Waals surface area contributed by atoms with Crippen LogP contribution in [0.2, 0.25) is 10.0 Å². The number of hydrogen-bond donors (Lipinski definition) is 1. The summed E-state index contributed by atoms with van der Waals surface area (Å²) in [6.07, 6.45) is 0.634. The Morgan fingerprint density at radius 3 is 2.68 bits per heavy atom. The third kappa shape index (κ3) is 4.27. The molecule has 1 aromatic heterocycles. The number of aliphatic hydroxyl groups is 1. The van der Waals surface area contributed by atoms with Crippen molar-refractivity contribution in [1.82, 2.24) is 4.98 Å². The molecule has 37 heavy (non-hydrogen) atoms. The molecule has 1 N–H and O–H groups in total. The van der Waals surface area contributed by atoms with Crippen molar-refractivity contribution in [3.63, 3.8) is 0 Å². The number of halogens is 2. The number of aryl methyl sites for hydroxylation is 1. The number of fused-ring (bicyclic) bond motifs is 1. The Balaban J connectivity index is 1.71. The summed E-state index contributed by atoms with van der Waals surface area (Å²) in [4.78, 5) is 44.7. The van der Waals surface area contributed by atoms with E-state index in [1.165, 1.54) is 13.2 Å². The summed E-state index contributed by atoms with van der Waals surface area (Å²) in [5.74, 6) is -2.10. The molecule has 3 heterocycles. The van der Waals surface area contributed by atoms with Crippen molar-refractivity contribution in [2.24, 2.45) is 0 Å². The average Bonchev–Trinajstić information content (AvgIpc) is 3.50. The Kier molecular flexibility index (Phi) is 6.47. The number of carbonyl (C=O) groups is 3. The average molecular weight is 559 g/mol. The van der Waals surface area contributed by atoms with E-state index in [2.05, 4.69) is 4.98 Å². The number of anilines is 1. The Morgan fingerprint density at radius 1 is 1.22 bits per heavy atom. The van der Waals surface area contributed by atoms with Gasteiger partial charge in [-0.3, -0.25) is 14.5 Å². The molecule has 11 heteroatoms. The van der Waals surface area contributed by atoms with Gasteiger partial charge in [-0.15, -0.1) is 0 Å². The minimum atomic E-state index is -1.12. The molecule has 3 aromatic rings. The van der Waals surface area contributed by atoms with Crippen LogP contribution >= 0.6 is 34.5 Å². The lowest BCUT2D eigenvalue weighted by Gasteiger charge is -2.24. The van der Waals surface area contributed by atoms with Crippen molar-refractivity contribution in [2.75, 3.05) is 12.0 Å². The van der Waals surface area contributed by atoms with Crippen LogP contribution in [0.5, 0.6) is 5.75 Å². The van der Waals surface area contributed by atoms with E-state index < -0.39 is 23.7 Å². The fourth-order valence-corrected chi connectivity index (χ4v) is 6.06. The number of esters is 1. The van der Waals surface area contributed by atoms with Crippen LogP contribution in [0.3, 0.4) is 0 Å². The first-order chi connectivity index (χ1) is 17.6. The minimum Gasteiger partial charge on any atom is -0.507 e. The molecular formula is C26H20Cl2N2O6S. The summed E-state index contributed by atoms with van der Waals surface area (Å²) in [5, 5.41) is 12.0. The smallest absolute Gasteiger partial charge is 0.350 e. The largest absolute Gasteiger partial charge is 0.507 e. The van der Waals surface area contributed by atoms with E-state index in [1.807, 2.05) is 6.92 Å². The molecule has 8 nitrogen and oxygen atoms in total. The first-order valence-electron chi connectivity index (χ1n) is 11.2. The molecule has 190 valence electrons. The molecule has 0 spiro atoms. The highest BCUT2D eigenvalue weighted by Crippen LogP contribution is 2.46. The maximum atomic E-state index is 13.4. The van der Waals surface area contributed by atoms with Gasteiger partial charge in [-0.05, 0) is 55.3 Å². The van der Waals surface area contributed by atoms with Crippen molar-refractivity contribution in [2.45, 2.75) is 32.4 Å². The maximum absolute atomic E-state index is 13.4. The molecule has 0 radical (unpaired) electrons. The molecule has 0 aliphatic carbocycles. The van der Waals surface area contributed by atoms with E-state index in [1.54, 1.807) is 37.3 Å². The van der Waals surface area contributed by atoms with Crippen LogP contribution in [0.25, 0.3) is 5.76 Å². The van der Waals surface area contributed by atoms with Crippen LogP contribution in [-0.4, -0.2) is 41.0 Å². The summed E-state index contributed by atoms with van der Waals surface area (Å²) in [7, 11) is 1.24. The number of rotatable bonds is 4. The standard InChI is InChI=1S/C26H20Cl2N2O6S/c1-11-8-14-9-13(4-7-18(14)36-11)21(31)19-20(16-6-5-15(27)10-17(16)28)30(24(33)22(19)32)26-29-12(2)23(37-26)25(34)35-3/h4-7,9-11,20,31H,8H2,1-3H3/b21-19+. The van der Waals surface area contributed by atoms with E-state index in [-0.39, 0.29) is 32.5 Å². The van der Waals surface area contributed by atoms with Gasteiger partial charge in [-0.1, -0.05) is 40.6 Å². The normalized spacial score (nSPS) is 20.2. The van der Waals surface area contributed by atoms with E-state index in [9.17, 15) is 19.5 Å². The molecule has 1 saturated heterocycles. The lowest BCUT2D eigenvalue weighted by molar-refractivity contribution is -0.132. The fourth-order valence-electron chi connectivity index (χ4n) is 4.54. The molecule has 0 bridgehead atoms. The van der Waals surface area contributed by atoms with Gasteiger partial charge < -0.3 is 14.6 Å². The first kappa shape index (κ1) is 25.3. The molecule has 1 amide bonds. The van der Waals surface area contributed by atoms with Gasteiger partial charge in [0.15, 0.2) is 5.13 Å². The van der Waals surface area contributed by atoms with Gasteiger partial charge in [0.1, 0.15) is 22.5 Å². The predicted octanol–water partition coefficient (Wildman–Crippen LogP) is 5.49. The van der Waals surface area contributed by atoms with Crippen LogP contribution in [0.1, 0.15) is 45.0 Å². The molecule has 2 aliphatic heterocycles. The highest BCUT2D eigenvalue weighted by molar-refractivity contribution is 7.17. The van der Waals surface area contributed by atoms with Gasteiger partial charge in [-0.25, -0.2) is 9.78 Å². The van der Waals surface area contributed by atoms with Gasteiger partial charge in [0, 0.05) is 22.0 Å². The highest BCUT2D eigenvalue weighted by atomic mass is 35.5. The summed E-state index contributed by atoms with van der Waals surface area (Å²) < 4.78 is 10.5. The summed E-state index contributed by atoms with van der Waals surface area (Å²) >= 11 is 13.5. The number of nitrogens with zero attached hydrogens (tertiary/aromatic N) is 2. The summed E-state index contributed by atoms with van der Waals surface area (Å²) in [5.41, 5.74) is 1.77. The second-order valence-electron chi connectivity index (χ2n) is 8.69. The first-order valence-corrected chi connectivity index (χ1v) is 12.8. The molecule has 2 aromatic carbocycles. The Labute approximate surface area is 226 Å². The monoisotopic (exact) mass is 558 g/mol. The summed E-state index contributed by atoms with van der Waals surface area (Å²) in [6.45, 7) is 3.53. The van der Waals surface area contributed by atoms with Crippen LogP contribution in [0, 0.1) is 6.92 Å². The minimum absolute atomic E-state index is 0.0111. The third-order valence-corrected chi connectivity index (χ3v) is 7.93. The number of ketones is 1. The second-order valence-corrected chi connectivity index (χ2v) is 10.5. The van der Waals surface area contributed by atoms with Crippen LogP contribution in [0.4, 0.5) is 5.13 Å². The van der Waals surface area contributed by atoms with Crippen molar-refractivity contribution in [1.29, 1.82) is 0 Å². The van der Waals surface area contributed by atoms with E-state index in [0.29, 0.717) is 34.0 Å². The fraction of sp³-hybridized carbons (Fsp3) is 0.231. The molecular weight excluding hydrogens is 539 g/mol. The molecule has 5 rings (SSSR count). The van der Waals surface area contributed by atoms with E-state index in [0.717, 1.165) is 21.8 Å². The Morgan fingerprint density at radius 2 is 1.97 bits per heavy atom.